The van der Waals surface area contributed by atoms with Gasteiger partial charge in [0.1, 0.15) is 0 Å². The van der Waals surface area contributed by atoms with E-state index in [0.29, 0.717) is 0 Å². The summed E-state index contributed by atoms with van der Waals surface area (Å²) in [6.07, 6.45) is 2.24. The highest BCUT2D eigenvalue weighted by Crippen LogP contribution is 2.16. The SMILES string of the molecule is CC/C(C)=N\Oc1nc(O/N=C(\C)CC)nc(O/N=C(\C)CC)n1. The van der Waals surface area contributed by atoms with E-state index < -0.39 is 0 Å². The van der Waals surface area contributed by atoms with Crippen LogP contribution in [0.25, 0.3) is 0 Å². The highest BCUT2D eigenvalue weighted by molar-refractivity contribution is 5.81. The van der Waals surface area contributed by atoms with Crippen LogP contribution in [0.4, 0.5) is 0 Å². The molecule has 9 nitrogen and oxygen atoms in total. The van der Waals surface area contributed by atoms with Gasteiger partial charge in [-0.15, -0.1) is 15.0 Å². The van der Waals surface area contributed by atoms with Crippen LogP contribution in [0.1, 0.15) is 60.8 Å². The molecule has 0 saturated carbocycles. The second kappa shape index (κ2) is 10.2. The van der Waals surface area contributed by atoms with Gasteiger partial charge in [-0.05, 0) is 40.0 Å². The van der Waals surface area contributed by atoms with Gasteiger partial charge in [0, 0.05) is 0 Å². The molecular formula is C15H24N6O3. The van der Waals surface area contributed by atoms with Crippen molar-refractivity contribution in [2.24, 2.45) is 15.5 Å². The molecule has 9 heteroatoms. The third-order valence-corrected chi connectivity index (χ3v) is 2.96. The predicted molar refractivity (Wildman–Crippen MR) is 91.9 cm³/mol. The zero-order valence-corrected chi connectivity index (χ0v) is 15.0. The van der Waals surface area contributed by atoms with Crippen LogP contribution in [0.3, 0.4) is 0 Å². The van der Waals surface area contributed by atoms with Gasteiger partial charge in [0.25, 0.3) is 0 Å². The van der Waals surface area contributed by atoms with Crippen LogP contribution in [0.15, 0.2) is 15.5 Å². The molecule has 0 fully saturated rings. The molecule has 1 aromatic rings. The van der Waals surface area contributed by atoms with Crippen molar-refractivity contribution in [2.75, 3.05) is 0 Å². The molecule has 0 saturated heterocycles. The molecule has 132 valence electrons. The Bertz CT molecular complexity index is 530. The van der Waals surface area contributed by atoms with Crippen LogP contribution in [0, 0.1) is 0 Å². The number of hydrogen-bond acceptors (Lipinski definition) is 9. The Hall–Kier alpha value is -2.58. The number of nitrogens with zero attached hydrogens (tertiary/aromatic N) is 6. The van der Waals surface area contributed by atoms with Crippen LogP contribution in [0.2, 0.25) is 0 Å². The van der Waals surface area contributed by atoms with Crippen LogP contribution < -0.4 is 14.5 Å². The number of hydrogen-bond donors (Lipinski definition) is 0. The van der Waals surface area contributed by atoms with Crippen molar-refractivity contribution in [3.63, 3.8) is 0 Å². The van der Waals surface area contributed by atoms with Crippen molar-refractivity contribution in [3.05, 3.63) is 0 Å². The fourth-order valence-corrected chi connectivity index (χ4v) is 0.993. The van der Waals surface area contributed by atoms with Gasteiger partial charge in [-0.2, -0.15) is 0 Å². The standard InChI is InChI=1S/C15H24N6O3/c1-7-10(4)19-22-13-16-14(23-20-11(5)8-2)18-15(17-13)24-21-12(6)9-3/h7-9H2,1-6H3/b19-10-,20-11+,21-12+. The van der Waals surface area contributed by atoms with Gasteiger partial charge in [0.05, 0.1) is 17.1 Å². The summed E-state index contributed by atoms with van der Waals surface area (Å²) < 4.78 is 0. The molecule has 0 aliphatic heterocycles. The Labute approximate surface area is 141 Å². The summed E-state index contributed by atoms with van der Waals surface area (Å²) in [6.45, 7) is 11.4. The molecule has 0 aliphatic carbocycles. The summed E-state index contributed by atoms with van der Waals surface area (Å²) in [6, 6.07) is -0.176. The molecule has 0 N–H and O–H groups in total. The van der Waals surface area contributed by atoms with E-state index in [4.69, 9.17) is 14.5 Å². The normalized spacial score (nSPS) is 13.0. The van der Waals surface area contributed by atoms with E-state index in [2.05, 4.69) is 30.4 Å². The molecule has 0 spiro atoms. The summed E-state index contributed by atoms with van der Waals surface area (Å²) in [5, 5.41) is 11.7. The molecule has 0 atom stereocenters. The topological polar surface area (TPSA) is 103 Å². The average molecular weight is 336 g/mol. The molecule has 0 aliphatic rings. The average Bonchev–Trinajstić information content (AvgIpc) is 2.61. The first-order chi connectivity index (χ1) is 11.5. The van der Waals surface area contributed by atoms with E-state index in [9.17, 15) is 0 Å². The zero-order valence-electron chi connectivity index (χ0n) is 15.0. The summed E-state index contributed by atoms with van der Waals surface area (Å²) >= 11 is 0. The second-order valence-electron chi connectivity index (χ2n) is 5.00. The van der Waals surface area contributed by atoms with E-state index >= 15 is 0 Å². The lowest BCUT2D eigenvalue weighted by Crippen LogP contribution is -2.04. The summed E-state index contributed by atoms with van der Waals surface area (Å²) in [5.41, 5.74) is 2.38. The molecule has 24 heavy (non-hydrogen) atoms. The van der Waals surface area contributed by atoms with E-state index in [1.807, 2.05) is 41.5 Å². The Kier molecular flexibility index (Phi) is 8.31. The highest BCUT2D eigenvalue weighted by Gasteiger charge is 2.11. The van der Waals surface area contributed by atoms with Gasteiger partial charge in [0.2, 0.25) is 0 Å². The second-order valence-corrected chi connectivity index (χ2v) is 5.00. The van der Waals surface area contributed by atoms with E-state index in [0.717, 1.165) is 36.4 Å². The van der Waals surface area contributed by atoms with Gasteiger partial charge in [-0.3, -0.25) is 0 Å². The largest absolute Gasteiger partial charge is 0.355 e. The fraction of sp³-hybridized carbons (Fsp3) is 0.600. The van der Waals surface area contributed by atoms with E-state index in [-0.39, 0.29) is 18.0 Å². The van der Waals surface area contributed by atoms with Crippen LogP contribution in [-0.2, 0) is 0 Å². The van der Waals surface area contributed by atoms with Crippen LogP contribution in [0.5, 0.6) is 18.0 Å². The predicted octanol–water partition coefficient (Wildman–Crippen LogP) is 3.37. The molecule has 1 rings (SSSR count). The Morgan fingerprint density at radius 3 is 1.08 bits per heavy atom. The maximum atomic E-state index is 5.18. The van der Waals surface area contributed by atoms with Crippen molar-refractivity contribution in [1.29, 1.82) is 0 Å². The van der Waals surface area contributed by atoms with Crippen molar-refractivity contribution >= 4 is 17.1 Å². The first-order valence-electron chi connectivity index (χ1n) is 7.85. The van der Waals surface area contributed by atoms with Crippen molar-refractivity contribution in [2.45, 2.75) is 60.8 Å². The maximum Gasteiger partial charge on any atom is 0.355 e. The minimum Gasteiger partial charge on any atom is -0.315 e. The smallest absolute Gasteiger partial charge is 0.315 e. The van der Waals surface area contributed by atoms with Gasteiger partial charge in [-0.25, -0.2) is 0 Å². The molecule has 1 aromatic heterocycles. The Morgan fingerprint density at radius 2 is 0.875 bits per heavy atom. The minimum atomic E-state index is -0.0588. The Balaban J connectivity index is 3.04. The third kappa shape index (κ3) is 7.12. The van der Waals surface area contributed by atoms with Crippen LogP contribution >= 0.6 is 0 Å². The van der Waals surface area contributed by atoms with Gasteiger partial charge < -0.3 is 14.5 Å². The van der Waals surface area contributed by atoms with Crippen molar-refractivity contribution < 1.29 is 14.5 Å². The first kappa shape index (κ1) is 19.5. The number of rotatable bonds is 9. The molecule has 0 amide bonds. The lowest BCUT2D eigenvalue weighted by atomic mass is 10.3. The summed E-state index contributed by atoms with van der Waals surface area (Å²) in [5.74, 6) is 0. The molecule has 1 heterocycles. The van der Waals surface area contributed by atoms with Crippen molar-refractivity contribution in [1.82, 2.24) is 15.0 Å². The zero-order chi connectivity index (χ0) is 17.9. The maximum absolute atomic E-state index is 5.18. The Morgan fingerprint density at radius 1 is 0.625 bits per heavy atom. The minimum absolute atomic E-state index is 0.0588. The summed E-state index contributed by atoms with van der Waals surface area (Å²) in [7, 11) is 0. The highest BCUT2D eigenvalue weighted by atomic mass is 16.7. The fourth-order valence-electron chi connectivity index (χ4n) is 0.993. The monoisotopic (exact) mass is 336 g/mol. The van der Waals surface area contributed by atoms with Gasteiger partial charge in [-0.1, -0.05) is 36.2 Å². The third-order valence-electron chi connectivity index (χ3n) is 2.96. The lowest BCUT2D eigenvalue weighted by Gasteiger charge is -2.03. The molecule has 0 aromatic carbocycles. The van der Waals surface area contributed by atoms with E-state index in [1.54, 1.807) is 0 Å². The summed E-state index contributed by atoms with van der Waals surface area (Å²) in [4.78, 5) is 27.5. The molecule has 0 bridgehead atoms. The number of oxime groups is 3. The molecule has 0 unspecified atom stereocenters. The van der Waals surface area contributed by atoms with E-state index in [1.165, 1.54) is 0 Å². The van der Waals surface area contributed by atoms with Gasteiger partial charge in [0.15, 0.2) is 0 Å². The first-order valence-corrected chi connectivity index (χ1v) is 7.85. The van der Waals surface area contributed by atoms with Crippen molar-refractivity contribution in [3.8, 4) is 18.0 Å². The molecular weight excluding hydrogens is 312 g/mol. The lowest BCUT2D eigenvalue weighted by molar-refractivity contribution is 0.249. The van der Waals surface area contributed by atoms with Gasteiger partial charge >= 0.3 is 18.0 Å². The number of aromatic nitrogens is 3. The van der Waals surface area contributed by atoms with Crippen LogP contribution in [-0.4, -0.2) is 32.1 Å². The molecule has 0 radical (unpaired) electrons. The quantitative estimate of drug-likeness (QED) is 0.506.